The fourth-order valence-corrected chi connectivity index (χ4v) is 1.56. The first-order valence-corrected chi connectivity index (χ1v) is 7.15. The Hall–Kier alpha value is -0.140. The van der Waals surface area contributed by atoms with E-state index in [1.54, 1.807) is 0 Å². The van der Waals surface area contributed by atoms with Crippen molar-refractivity contribution >= 4 is 17.8 Å². The number of likely N-dealkylation sites (N-methyl/N-ethyl adjacent to an activating group) is 1. The SMILES string of the molecule is CNCCOCCSOCCC(C)OCC(C)=O. The van der Waals surface area contributed by atoms with Crippen molar-refractivity contribution in [1.82, 2.24) is 5.32 Å². The lowest BCUT2D eigenvalue weighted by atomic mass is 10.3. The number of hydrogen-bond donors (Lipinski definition) is 1. The van der Waals surface area contributed by atoms with Crippen LogP contribution in [0.3, 0.4) is 0 Å². The molecule has 0 aromatic heterocycles. The molecule has 0 aromatic rings. The zero-order chi connectivity index (χ0) is 13.6. The average molecular weight is 279 g/mol. The summed E-state index contributed by atoms with van der Waals surface area (Å²) in [5.74, 6) is 0.878. The van der Waals surface area contributed by atoms with E-state index in [1.165, 1.54) is 19.0 Å². The van der Waals surface area contributed by atoms with Crippen molar-refractivity contribution in [2.24, 2.45) is 0 Å². The van der Waals surface area contributed by atoms with Gasteiger partial charge in [0.1, 0.15) is 6.61 Å². The third-order valence-electron chi connectivity index (χ3n) is 2.07. The summed E-state index contributed by atoms with van der Waals surface area (Å²) in [7, 11) is 1.90. The average Bonchev–Trinajstić information content (AvgIpc) is 2.34. The van der Waals surface area contributed by atoms with Gasteiger partial charge in [-0.25, -0.2) is 0 Å². The molecule has 18 heavy (non-hydrogen) atoms. The Bertz CT molecular complexity index is 205. The van der Waals surface area contributed by atoms with E-state index in [-0.39, 0.29) is 18.5 Å². The fraction of sp³-hybridized carbons (Fsp3) is 0.917. The first kappa shape index (κ1) is 17.9. The topological polar surface area (TPSA) is 56.8 Å². The Morgan fingerprint density at radius 1 is 1.33 bits per heavy atom. The first-order valence-electron chi connectivity index (χ1n) is 6.24. The van der Waals surface area contributed by atoms with Gasteiger partial charge in [0, 0.05) is 12.3 Å². The Morgan fingerprint density at radius 3 is 2.78 bits per heavy atom. The van der Waals surface area contributed by atoms with Crippen LogP contribution in [0.25, 0.3) is 0 Å². The molecule has 0 heterocycles. The van der Waals surface area contributed by atoms with Gasteiger partial charge in [-0.1, -0.05) is 0 Å². The summed E-state index contributed by atoms with van der Waals surface area (Å²) in [5, 5.41) is 3.01. The number of Topliss-reactive ketones (excluding diaryl/α,β-unsaturated/α-hetero) is 1. The monoisotopic (exact) mass is 279 g/mol. The molecule has 5 nitrogen and oxygen atoms in total. The molecule has 0 saturated carbocycles. The molecule has 0 aliphatic heterocycles. The van der Waals surface area contributed by atoms with E-state index in [4.69, 9.17) is 13.7 Å². The maximum absolute atomic E-state index is 10.7. The standard InChI is InChI=1S/C12H25NO4S/c1-11(14)10-16-12(2)4-6-17-18-9-8-15-7-5-13-3/h12-13H,4-10H2,1-3H3. The zero-order valence-corrected chi connectivity index (χ0v) is 12.4. The number of carbonyl (C=O) groups is 1. The first-order chi connectivity index (χ1) is 8.66. The maximum atomic E-state index is 10.7. The molecule has 0 spiro atoms. The highest BCUT2D eigenvalue weighted by atomic mass is 32.2. The third-order valence-corrected chi connectivity index (χ3v) is 2.74. The minimum absolute atomic E-state index is 0.0517. The van der Waals surface area contributed by atoms with Crippen LogP contribution in [0.2, 0.25) is 0 Å². The lowest BCUT2D eigenvalue weighted by Crippen LogP contribution is -2.16. The van der Waals surface area contributed by atoms with E-state index in [9.17, 15) is 4.79 Å². The van der Waals surface area contributed by atoms with Gasteiger partial charge in [-0.2, -0.15) is 0 Å². The predicted molar refractivity (Wildman–Crippen MR) is 73.9 cm³/mol. The van der Waals surface area contributed by atoms with Crippen molar-refractivity contribution in [2.45, 2.75) is 26.4 Å². The van der Waals surface area contributed by atoms with E-state index < -0.39 is 0 Å². The Labute approximate surface area is 114 Å². The molecular formula is C12H25NO4S. The van der Waals surface area contributed by atoms with Crippen LogP contribution in [0.15, 0.2) is 0 Å². The van der Waals surface area contributed by atoms with Gasteiger partial charge in [-0.3, -0.25) is 4.79 Å². The molecule has 1 N–H and O–H groups in total. The highest BCUT2D eigenvalue weighted by Crippen LogP contribution is 2.05. The van der Waals surface area contributed by atoms with Crippen molar-refractivity contribution < 1.29 is 18.5 Å². The summed E-state index contributed by atoms with van der Waals surface area (Å²) in [6, 6.07) is 0. The number of carbonyl (C=O) groups excluding carboxylic acids is 1. The quantitative estimate of drug-likeness (QED) is 0.405. The van der Waals surface area contributed by atoms with Gasteiger partial charge in [0.25, 0.3) is 0 Å². The number of ketones is 1. The lowest BCUT2D eigenvalue weighted by Gasteiger charge is -2.11. The summed E-state index contributed by atoms with van der Waals surface area (Å²) < 4.78 is 16.0. The second-order valence-corrected chi connectivity index (χ2v) is 4.85. The van der Waals surface area contributed by atoms with E-state index >= 15 is 0 Å². The van der Waals surface area contributed by atoms with Crippen molar-refractivity contribution in [3.05, 3.63) is 0 Å². The summed E-state index contributed by atoms with van der Waals surface area (Å²) in [4.78, 5) is 10.7. The molecule has 0 aliphatic rings. The Morgan fingerprint density at radius 2 is 2.11 bits per heavy atom. The molecule has 1 atom stereocenters. The normalized spacial score (nSPS) is 12.6. The smallest absolute Gasteiger partial charge is 0.155 e. The summed E-state index contributed by atoms with van der Waals surface area (Å²) in [6.45, 7) is 6.57. The van der Waals surface area contributed by atoms with Gasteiger partial charge in [0.2, 0.25) is 0 Å². The van der Waals surface area contributed by atoms with E-state index in [0.717, 1.165) is 25.3 Å². The molecule has 1 unspecified atom stereocenters. The second-order valence-electron chi connectivity index (χ2n) is 3.97. The molecule has 6 heteroatoms. The molecule has 0 amide bonds. The molecule has 108 valence electrons. The van der Waals surface area contributed by atoms with Crippen LogP contribution >= 0.6 is 12.0 Å². The number of hydrogen-bond acceptors (Lipinski definition) is 6. The van der Waals surface area contributed by atoms with Crippen LogP contribution in [0.5, 0.6) is 0 Å². The summed E-state index contributed by atoms with van der Waals surface area (Å²) in [5.41, 5.74) is 0. The van der Waals surface area contributed by atoms with Gasteiger partial charge >= 0.3 is 0 Å². The molecule has 0 radical (unpaired) electrons. The van der Waals surface area contributed by atoms with Crippen molar-refractivity contribution in [3.63, 3.8) is 0 Å². The molecule has 0 rings (SSSR count). The number of rotatable bonds is 13. The zero-order valence-electron chi connectivity index (χ0n) is 11.6. The van der Waals surface area contributed by atoms with Crippen LogP contribution in [0.4, 0.5) is 0 Å². The van der Waals surface area contributed by atoms with Crippen molar-refractivity contribution in [3.8, 4) is 0 Å². The Kier molecular flexibility index (Phi) is 13.2. The maximum Gasteiger partial charge on any atom is 0.155 e. The number of nitrogens with one attached hydrogen (secondary N) is 1. The summed E-state index contributed by atoms with van der Waals surface area (Å²) in [6.07, 6.45) is 0.849. The molecule has 0 saturated heterocycles. The van der Waals surface area contributed by atoms with Crippen LogP contribution in [-0.2, 0) is 18.5 Å². The lowest BCUT2D eigenvalue weighted by molar-refractivity contribution is -0.123. The van der Waals surface area contributed by atoms with Crippen LogP contribution in [0, 0.1) is 0 Å². The van der Waals surface area contributed by atoms with Gasteiger partial charge in [0.15, 0.2) is 5.78 Å². The molecular weight excluding hydrogens is 254 g/mol. The van der Waals surface area contributed by atoms with Crippen LogP contribution in [-0.4, -0.2) is 57.7 Å². The minimum atomic E-state index is 0.0517. The third kappa shape index (κ3) is 13.9. The highest BCUT2D eigenvalue weighted by molar-refractivity contribution is 7.94. The Balaban J connectivity index is 3.12. The number of ether oxygens (including phenoxy) is 2. The largest absolute Gasteiger partial charge is 0.379 e. The van der Waals surface area contributed by atoms with Gasteiger partial charge in [-0.05, 0) is 39.4 Å². The summed E-state index contributed by atoms with van der Waals surface area (Å²) >= 11 is 1.41. The van der Waals surface area contributed by atoms with Crippen molar-refractivity contribution in [2.75, 3.05) is 45.8 Å². The fourth-order valence-electron chi connectivity index (χ4n) is 1.04. The molecule has 0 aliphatic carbocycles. The molecule has 0 fully saturated rings. The van der Waals surface area contributed by atoms with Gasteiger partial charge < -0.3 is 19.0 Å². The second kappa shape index (κ2) is 13.3. The van der Waals surface area contributed by atoms with Crippen LogP contribution in [0.1, 0.15) is 20.3 Å². The van der Waals surface area contributed by atoms with Crippen LogP contribution < -0.4 is 5.32 Å². The van der Waals surface area contributed by atoms with Gasteiger partial charge in [-0.15, -0.1) is 0 Å². The molecule has 0 bridgehead atoms. The molecule has 0 aromatic carbocycles. The predicted octanol–water partition coefficient (Wildman–Crippen LogP) is 1.27. The van der Waals surface area contributed by atoms with E-state index in [1.807, 2.05) is 14.0 Å². The highest BCUT2D eigenvalue weighted by Gasteiger charge is 2.03. The minimum Gasteiger partial charge on any atom is -0.379 e. The van der Waals surface area contributed by atoms with Crippen molar-refractivity contribution in [1.29, 1.82) is 0 Å². The van der Waals surface area contributed by atoms with Gasteiger partial charge in [0.05, 0.1) is 25.9 Å². The van der Waals surface area contributed by atoms with E-state index in [2.05, 4.69) is 5.32 Å². The van der Waals surface area contributed by atoms with E-state index in [0.29, 0.717) is 13.2 Å².